The molecule has 0 atom stereocenters. The normalized spacial score (nSPS) is 16.3. The van der Waals surface area contributed by atoms with E-state index in [4.69, 9.17) is 74.8 Å². The Hall–Kier alpha value is -12.0. The van der Waals surface area contributed by atoms with Gasteiger partial charge in [0.25, 0.3) is 5.91 Å². The van der Waals surface area contributed by atoms with Crippen LogP contribution in [0.1, 0.15) is 62.7 Å². The molecule has 5 aliphatic heterocycles. The maximum absolute atomic E-state index is 13.2. The molecule has 6 aliphatic rings. The fourth-order valence-corrected chi connectivity index (χ4v) is 22.7. The van der Waals surface area contributed by atoms with E-state index < -0.39 is 36.5 Å². The molecule has 17 rings (SSSR count). The van der Waals surface area contributed by atoms with E-state index in [1.54, 1.807) is 154 Å². The summed E-state index contributed by atoms with van der Waals surface area (Å²) >= 11 is 24.8. The first-order valence-electron chi connectivity index (χ1n) is 49.4. The standard InChI is InChI=1S/C34H46ClN8O4P.C28H38ClN7O2.C23H26ClN4O3P.C21H24ClN4O3PS/c1-40-13-15-42(16-14-40)25-9-11-41(12-10-25)26-6-8-29(31(22-26)47-3)38-34-36-23-27(35)32(39-34)37-28-7-5-24(21-30(28)46-2)33(44)43-17-19-48(4,45)20-18-43;1-34-16-18-36(19-17-34)22-10-14-35(15-11-22)23-8-9-25(27(20-23)38-3)33-28(30-13-12-29)32-21-31-24-6-4-5-7-26(24)37-2;1-30-20-12-16(31-14-15-8-9-15)10-11-18(20)27-23-25-13-17(24)22(28-23)26-19-6-4-5-7-21(19)32(2,3)29;1-14(2)31(28,29)19-8-6-5-7-18(19)25-20-17(22)13-23-21(26-20)24-15-9-11-16(12-10-15)30(3,4)27/h5-8,21-23,25H,9-20H2,1-4H3,(H2,36,37,38,39);4-9,12-13,20-22H,10-11,14-19H2,1-3H3,(H2,30,31,32,33);4-7,10-13,15H,8-9,14H2,1-3H3,(H2,25,26,27,28);5-14H,1-4H3,(H2,23,24,25,26)/b;13-12+;;. The van der Waals surface area contributed by atoms with E-state index in [1.165, 1.54) is 82.2 Å². The van der Waals surface area contributed by atoms with Gasteiger partial charge in [0.1, 0.15) is 63.8 Å². The van der Waals surface area contributed by atoms with Gasteiger partial charge >= 0.3 is 0 Å². The molecule has 1 aliphatic carbocycles. The van der Waals surface area contributed by atoms with E-state index >= 15 is 0 Å². The Morgan fingerprint density at radius 3 is 1.46 bits per heavy atom. The number of halogens is 4. The molecule has 8 heterocycles. The Balaban J connectivity index is 0.000000159. The monoisotopic (exact) mass is 2190 g/mol. The number of carbonyl (C=O) groups excluding carboxylic acids is 1. The lowest BCUT2D eigenvalue weighted by Gasteiger charge is -2.42. The summed E-state index contributed by atoms with van der Waals surface area (Å²) in [6.07, 6.45) is 15.7. The number of likely N-dealkylation sites (N-methyl/N-ethyl adjacent to an activating group) is 2. The van der Waals surface area contributed by atoms with Crippen LogP contribution in [-0.2, 0) is 23.5 Å². The summed E-state index contributed by atoms with van der Waals surface area (Å²) in [7, 11) is 2.05. The Bertz CT molecular complexity index is 6770. The second kappa shape index (κ2) is 52.6. The van der Waals surface area contributed by atoms with E-state index in [1.807, 2.05) is 85.5 Å². The molecule has 0 radical (unpaired) electrons. The van der Waals surface area contributed by atoms with Gasteiger partial charge in [0.15, 0.2) is 27.3 Å². The fourth-order valence-electron chi connectivity index (χ4n) is 17.4. The molecule has 8 aromatic carbocycles. The number of methoxy groups -OCH3 is 5. The van der Waals surface area contributed by atoms with Gasteiger partial charge in [-0.15, -0.1) is 0 Å². The Morgan fingerprint density at radius 2 is 0.946 bits per heavy atom. The number of anilines is 16. The molecule has 3 aromatic heterocycles. The third-order valence-electron chi connectivity index (χ3n) is 26.5. The van der Waals surface area contributed by atoms with Gasteiger partial charge in [-0.25, -0.2) is 33.4 Å². The molecule has 0 spiro atoms. The highest BCUT2D eigenvalue weighted by atomic mass is 35.5. The van der Waals surface area contributed by atoms with Crippen molar-refractivity contribution >= 4 is 199 Å². The topological polar surface area (TPSA) is 379 Å². The molecule has 43 heteroatoms. The van der Waals surface area contributed by atoms with Crippen LogP contribution < -0.4 is 91.4 Å². The molecule has 0 unspecified atom stereocenters. The van der Waals surface area contributed by atoms with Gasteiger partial charge in [-0.3, -0.25) is 14.6 Å². The lowest BCUT2D eigenvalue weighted by atomic mass is 10.0. The third-order valence-corrected chi connectivity index (χ3v) is 35.0. The first-order valence-corrected chi connectivity index (χ1v) is 60.3. The quantitative estimate of drug-likeness (QED) is 0.0108. The van der Waals surface area contributed by atoms with Crippen molar-refractivity contribution in [3.63, 3.8) is 0 Å². The van der Waals surface area contributed by atoms with E-state index in [2.05, 4.69) is 150 Å². The van der Waals surface area contributed by atoms with Crippen molar-refractivity contribution in [2.75, 3.05) is 246 Å². The van der Waals surface area contributed by atoms with Crippen molar-refractivity contribution in [3.05, 3.63) is 221 Å². The average Bonchev–Trinajstić information content (AvgIpc) is 0.990. The number of ether oxygens (including phenoxy) is 6. The predicted octanol–water partition coefficient (Wildman–Crippen LogP) is 20.5. The molecular weight excluding hydrogens is 2050 g/mol. The number of guanidine groups is 1. The first kappa shape index (κ1) is 113. The molecule has 11 aromatic rings. The largest absolute Gasteiger partial charge is 0.495 e. The predicted molar refractivity (Wildman–Crippen MR) is 610 cm³/mol. The van der Waals surface area contributed by atoms with Crippen molar-refractivity contribution in [1.29, 1.82) is 0 Å². The van der Waals surface area contributed by atoms with Crippen molar-refractivity contribution in [2.24, 2.45) is 15.9 Å². The van der Waals surface area contributed by atoms with Crippen LogP contribution in [0.4, 0.5) is 92.2 Å². The number of carbonyl (C=O) groups is 1. The summed E-state index contributed by atoms with van der Waals surface area (Å²) in [5, 5.41) is 27.2. The molecule has 5 saturated heterocycles. The zero-order chi connectivity index (χ0) is 106. The number of nitrogens with zero attached hydrogens (tertiary/aromatic N) is 15. The minimum absolute atomic E-state index is 0.110. The molecule has 35 nitrogen and oxygen atoms in total. The second-order valence-electron chi connectivity index (χ2n) is 38.2. The van der Waals surface area contributed by atoms with Crippen molar-refractivity contribution in [3.8, 4) is 34.5 Å². The third kappa shape index (κ3) is 31.6. The van der Waals surface area contributed by atoms with Crippen LogP contribution in [0.15, 0.2) is 215 Å². The number of aromatic nitrogens is 6. The average molecular weight is 2190 g/mol. The number of piperidine rings is 2. The van der Waals surface area contributed by atoms with Gasteiger partial charge in [-0.05, 0) is 221 Å². The highest BCUT2D eigenvalue weighted by Crippen LogP contribution is 2.46. The van der Waals surface area contributed by atoms with Gasteiger partial charge in [0, 0.05) is 179 Å². The van der Waals surface area contributed by atoms with Crippen molar-refractivity contribution < 1.29 is 55.3 Å². The Kier molecular flexibility index (Phi) is 39.8. The van der Waals surface area contributed by atoms with E-state index in [0.717, 1.165) is 128 Å². The number of hydrogen-bond donors (Lipinski definition) is 8. The molecule has 8 N–H and O–H groups in total. The minimum Gasteiger partial charge on any atom is -0.495 e. The van der Waals surface area contributed by atoms with E-state index in [0.29, 0.717) is 134 Å². The van der Waals surface area contributed by atoms with Gasteiger partial charge in [-0.1, -0.05) is 82.8 Å². The number of benzene rings is 8. The number of sulfone groups is 1. The lowest BCUT2D eigenvalue weighted by molar-refractivity contribution is 0.0769. The fraction of sp³-hybridized carbons (Fsp3) is 0.387. The summed E-state index contributed by atoms with van der Waals surface area (Å²) in [4.78, 5) is 65.2. The number of nitrogens with one attached hydrogen (secondary N) is 8. The highest BCUT2D eigenvalue weighted by molar-refractivity contribution is 7.92. The molecule has 6 fully saturated rings. The Labute approximate surface area is 893 Å². The minimum atomic E-state index is -3.50. The summed E-state index contributed by atoms with van der Waals surface area (Å²) in [5.74, 6) is 6.91. The second-order valence-corrected chi connectivity index (χ2v) is 52.0. The number of hydrogen-bond acceptors (Lipinski definition) is 31. The van der Waals surface area contributed by atoms with Crippen LogP contribution >= 0.6 is 67.8 Å². The SMILES string of the molecule is CC(C)S(=O)(=O)c1ccccc1Nc1nc(Nc2ccc(P(C)(C)=O)cc2)ncc1Cl.COc1cc(N2CCC(N3CCN(C)CC3)CC2)ccc1Nc1ncc(Cl)c(Nc2ccc(C(=O)N3CCP(C)(=O)CC3)cc2OC)n1.COc1cc(OCC2CC2)ccc1Nc1ncc(Cl)c(Nc2ccccc2P(C)(C)=O)n1.COc1ccccc1NC=NC(=N/C=C/Cl)Nc1ccc(N2CCC(N3CCN(C)CC3)CC2)cc1OC. The van der Waals surface area contributed by atoms with Crippen LogP contribution in [0.5, 0.6) is 34.5 Å². The molecular formula is C106H134Cl4N23O12P3S. The van der Waals surface area contributed by atoms with Gasteiger partial charge in [0.05, 0.1) is 124 Å². The van der Waals surface area contributed by atoms with E-state index in [9.17, 15) is 26.9 Å². The molecule has 149 heavy (non-hydrogen) atoms. The number of aliphatic imine (C=N–C) groups is 2. The Morgan fingerprint density at radius 1 is 0.497 bits per heavy atom. The number of para-hydroxylation sites is 4. The van der Waals surface area contributed by atoms with Gasteiger partial charge in [0.2, 0.25) is 23.8 Å². The van der Waals surface area contributed by atoms with Crippen LogP contribution in [0.3, 0.4) is 0 Å². The zero-order valence-corrected chi connectivity index (χ0v) is 93.1. The molecule has 1 amide bonds. The van der Waals surface area contributed by atoms with Gasteiger partial charge < -0.3 is 109 Å². The lowest BCUT2D eigenvalue weighted by Crippen LogP contribution is -2.52. The van der Waals surface area contributed by atoms with Crippen molar-refractivity contribution in [2.45, 2.75) is 74.6 Å². The zero-order valence-electron chi connectivity index (χ0n) is 86.6. The maximum Gasteiger partial charge on any atom is 0.254 e. The van der Waals surface area contributed by atoms with Crippen LogP contribution in [0.2, 0.25) is 15.1 Å². The number of piperazine rings is 2. The summed E-state index contributed by atoms with van der Waals surface area (Å²) in [6.45, 7) is 27.1. The van der Waals surface area contributed by atoms with Crippen LogP contribution in [0.25, 0.3) is 0 Å². The number of rotatable bonds is 33. The van der Waals surface area contributed by atoms with Gasteiger partial charge in [-0.2, -0.15) is 15.0 Å². The smallest absolute Gasteiger partial charge is 0.254 e. The summed E-state index contributed by atoms with van der Waals surface area (Å²) in [6, 6.07) is 53.3. The maximum atomic E-state index is 13.2. The van der Waals surface area contributed by atoms with E-state index in [-0.39, 0.29) is 27.6 Å². The first-order chi connectivity index (χ1) is 71.5. The summed E-state index contributed by atoms with van der Waals surface area (Å²) in [5.41, 5.74) is 9.50. The summed E-state index contributed by atoms with van der Waals surface area (Å²) < 4.78 is 96.4. The number of amides is 1. The highest BCUT2D eigenvalue weighted by Gasteiger charge is 2.34. The molecule has 0 bridgehead atoms. The van der Waals surface area contributed by atoms with Crippen LogP contribution in [-0.4, -0.2) is 292 Å². The van der Waals surface area contributed by atoms with Crippen molar-refractivity contribution in [1.82, 2.24) is 54.4 Å². The van der Waals surface area contributed by atoms with Crippen LogP contribution in [0, 0.1) is 5.92 Å². The molecule has 1 saturated carbocycles. The molecule has 794 valence electrons.